The van der Waals surface area contributed by atoms with Crippen LogP contribution in [0.25, 0.3) is 0 Å². The number of hydrogen-bond acceptors (Lipinski definition) is 5. The predicted molar refractivity (Wildman–Crippen MR) is 114 cm³/mol. The van der Waals surface area contributed by atoms with Gasteiger partial charge in [-0.1, -0.05) is 24.3 Å². The molecule has 1 unspecified atom stereocenters. The quantitative estimate of drug-likeness (QED) is 0.807. The third-order valence-corrected chi connectivity index (χ3v) is 5.41. The van der Waals surface area contributed by atoms with E-state index in [4.69, 9.17) is 9.47 Å². The van der Waals surface area contributed by atoms with E-state index < -0.39 is 6.10 Å². The molecule has 0 saturated carbocycles. The van der Waals surface area contributed by atoms with Gasteiger partial charge in [0.1, 0.15) is 5.75 Å². The molecule has 162 valence electrons. The summed E-state index contributed by atoms with van der Waals surface area (Å²) in [6, 6.07) is 14.4. The highest BCUT2D eigenvalue weighted by Gasteiger charge is 2.32. The van der Waals surface area contributed by atoms with Crippen LogP contribution >= 0.6 is 0 Å². The van der Waals surface area contributed by atoms with Crippen LogP contribution in [0, 0.1) is 0 Å². The summed E-state index contributed by atoms with van der Waals surface area (Å²) in [5.74, 6) is 0.0517. The molecule has 0 aliphatic carbocycles. The second-order valence-corrected chi connectivity index (χ2v) is 7.52. The molecule has 1 N–H and O–H groups in total. The van der Waals surface area contributed by atoms with Crippen molar-refractivity contribution in [1.29, 1.82) is 0 Å². The highest BCUT2D eigenvalue weighted by Crippen LogP contribution is 2.33. The lowest BCUT2D eigenvalue weighted by Crippen LogP contribution is -2.50. The predicted octanol–water partition coefficient (Wildman–Crippen LogP) is 1.59. The fourth-order valence-electron chi connectivity index (χ4n) is 3.69. The summed E-state index contributed by atoms with van der Waals surface area (Å²) in [4.78, 5) is 40.5. The first-order chi connectivity index (χ1) is 15.0. The minimum absolute atomic E-state index is 0.0162. The molecular weight excluding hydrogens is 398 g/mol. The first-order valence-electron chi connectivity index (χ1n) is 10.3. The highest BCUT2D eigenvalue weighted by atomic mass is 16.5. The van der Waals surface area contributed by atoms with E-state index in [2.05, 4.69) is 5.32 Å². The molecular formula is C23H25N3O5. The Bertz CT molecular complexity index is 969. The topological polar surface area (TPSA) is 88.2 Å². The number of para-hydroxylation sites is 2. The van der Waals surface area contributed by atoms with Crippen molar-refractivity contribution < 1.29 is 23.9 Å². The lowest BCUT2D eigenvalue weighted by atomic mass is 10.1. The van der Waals surface area contributed by atoms with Crippen LogP contribution in [0.15, 0.2) is 48.5 Å². The number of amides is 3. The Hall–Kier alpha value is -3.39. The monoisotopic (exact) mass is 423 g/mol. The van der Waals surface area contributed by atoms with Gasteiger partial charge in [-0.25, -0.2) is 0 Å². The van der Waals surface area contributed by atoms with Crippen LogP contribution in [0.5, 0.6) is 5.75 Å². The van der Waals surface area contributed by atoms with Gasteiger partial charge >= 0.3 is 0 Å². The molecule has 2 aliphatic rings. The Labute approximate surface area is 180 Å². The van der Waals surface area contributed by atoms with Gasteiger partial charge in [-0.2, -0.15) is 0 Å². The van der Waals surface area contributed by atoms with Gasteiger partial charge in [-0.3, -0.25) is 14.4 Å². The van der Waals surface area contributed by atoms with Gasteiger partial charge in [0.15, 0.2) is 6.10 Å². The normalized spacial score (nSPS) is 18.0. The van der Waals surface area contributed by atoms with Crippen LogP contribution < -0.4 is 15.0 Å². The SMILES string of the molecule is CC(=O)N1CC(C(=O)NCc2ccc(C(=O)N3CCOCC3)cc2)Oc2ccccc21. The highest BCUT2D eigenvalue weighted by molar-refractivity contribution is 5.96. The van der Waals surface area contributed by atoms with Crippen molar-refractivity contribution in [2.24, 2.45) is 0 Å². The summed E-state index contributed by atoms with van der Waals surface area (Å²) in [6.45, 7) is 4.24. The van der Waals surface area contributed by atoms with E-state index in [1.165, 1.54) is 6.92 Å². The van der Waals surface area contributed by atoms with E-state index in [-0.39, 0.29) is 24.3 Å². The number of fused-ring (bicyclic) bond motifs is 1. The fraction of sp³-hybridized carbons (Fsp3) is 0.348. The lowest BCUT2D eigenvalue weighted by molar-refractivity contribution is -0.128. The summed E-state index contributed by atoms with van der Waals surface area (Å²) in [7, 11) is 0. The van der Waals surface area contributed by atoms with Crippen molar-refractivity contribution in [3.05, 3.63) is 59.7 Å². The minimum Gasteiger partial charge on any atom is -0.477 e. The molecule has 1 fully saturated rings. The fourth-order valence-corrected chi connectivity index (χ4v) is 3.69. The molecule has 31 heavy (non-hydrogen) atoms. The summed E-state index contributed by atoms with van der Waals surface area (Å²) in [6.07, 6.45) is -0.791. The Morgan fingerprint density at radius 1 is 1.03 bits per heavy atom. The maximum atomic E-state index is 12.7. The summed E-state index contributed by atoms with van der Waals surface area (Å²) in [5, 5.41) is 2.86. The van der Waals surface area contributed by atoms with Crippen molar-refractivity contribution in [2.75, 3.05) is 37.7 Å². The maximum Gasteiger partial charge on any atom is 0.263 e. The van der Waals surface area contributed by atoms with Gasteiger partial charge in [-0.15, -0.1) is 0 Å². The van der Waals surface area contributed by atoms with Gasteiger partial charge in [-0.05, 0) is 29.8 Å². The van der Waals surface area contributed by atoms with Crippen molar-refractivity contribution in [3.8, 4) is 5.75 Å². The summed E-state index contributed by atoms with van der Waals surface area (Å²) in [5.41, 5.74) is 2.15. The molecule has 0 aromatic heterocycles. The number of carbonyl (C=O) groups is 3. The standard InChI is InChI=1S/C23H25N3O5/c1-16(27)26-15-21(31-20-5-3-2-4-19(20)26)22(28)24-14-17-6-8-18(9-7-17)23(29)25-10-12-30-13-11-25/h2-9,21H,10-15H2,1H3,(H,24,28). The second-order valence-electron chi connectivity index (χ2n) is 7.52. The zero-order valence-corrected chi connectivity index (χ0v) is 17.4. The van der Waals surface area contributed by atoms with E-state index in [0.717, 1.165) is 5.56 Å². The maximum absolute atomic E-state index is 12.7. The molecule has 8 heteroatoms. The third-order valence-electron chi connectivity index (χ3n) is 5.41. The van der Waals surface area contributed by atoms with Crippen LogP contribution in [-0.2, 0) is 20.9 Å². The van der Waals surface area contributed by atoms with Gasteiger partial charge < -0.3 is 24.6 Å². The molecule has 1 atom stereocenters. The number of anilines is 1. The number of hydrogen-bond donors (Lipinski definition) is 1. The van der Waals surface area contributed by atoms with Crippen molar-refractivity contribution in [1.82, 2.24) is 10.2 Å². The molecule has 8 nitrogen and oxygen atoms in total. The minimum atomic E-state index is -0.791. The second kappa shape index (κ2) is 9.18. The molecule has 2 aromatic carbocycles. The molecule has 2 aromatic rings. The van der Waals surface area contributed by atoms with Crippen LogP contribution in [0.4, 0.5) is 5.69 Å². The summed E-state index contributed by atoms with van der Waals surface area (Å²) >= 11 is 0. The first-order valence-corrected chi connectivity index (χ1v) is 10.3. The average molecular weight is 423 g/mol. The molecule has 4 rings (SSSR count). The molecule has 0 spiro atoms. The Morgan fingerprint density at radius 3 is 2.45 bits per heavy atom. The Morgan fingerprint density at radius 2 is 1.74 bits per heavy atom. The average Bonchev–Trinajstić information content (AvgIpc) is 2.82. The Balaban J connectivity index is 1.35. The lowest BCUT2D eigenvalue weighted by Gasteiger charge is -2.33. The van der Waals surface area contributed by atoms with Crippen LogP contribution in [0.2, 0.25) is 0 Å². The van der Waals surface area contributed by atoms with E-state index in [9.17, 15) is 14.4 Å². The number of nitrogens with zero attached hydrogens (tertiary/aromatic N) is 2. The van der Waals surface area contributed by atoms with Crippen molar-refractivity contribution >= 4 is 23.4 Å². The third kappa shape index (κ3) is 4.69. The Kier molecular flexibility index (Phi) is 6.18. The molecule has 2 heterocycles. The largest absolute Gasteiger partial charge is 0.477 e. The number of rotatable bonds is 4. The van der Waals surface area contributed by atoms with Crippen molar-refractivity contribution in [3.63, 3.8) is 0 Å². The van der Waals surface area contributed by atoms with E-state index in [1.807, 2.05) is 18.2 Å². The number of carbonyl (C=O) groups excluding carboxylic acids is 3. The van der Waals surface area contributed by atoms with E-state index in [0.29, 0.717) is 49.8 Å². The van der Waals surface area contributed by atoms with Crippen molar-refractivity contribution in [2.45, 2.75) is 19.6 Å². The van der Waals surface area contributed by atoms with Gasteiger partial charge in [0.05, 0.1) is 25.4 Å². The molecule has 1 saturated heterocycles. The number of benzene rings is 2. The zero-order chi connectivity index (χ0) is 21.8. The van der Waals surface area contributed by atoms with Crippen LogP contribution in [0.1, 0.15) is 22.8 Å². The van der Waals surface area contributed by atoms with Gasteiger partial charge in [0.2, 0.25) is 5.91 Å². The van der Waals surface area contributed by atoms with Gasteiger partial charge in [0.25, 0.3) is 11.8 Å². The van der Waals surface area contributed by atoms with Crippen LogP contribution in [0.3, 0.4) is 0 Å². The molecule has 3 amide bonds. The molecule has 2 aliphatic heterocycles. The summed E-state index contributed by atoms with van der Waals surface area (Å²) < 4.78 is 11.1. The zero-order valence-electron chi connectivity index (χ0n) is 17.4. The smallest absolute Gasteiger partial charge is 0.263 e. The molecule has 0 radical (unpaired) electrons. The van der Waals surface area contributed by atoms with Crippen LogP contribution in [-0.4, -0.2) is 61.6 Å². The number of nitrogens with one attached hydrogen (secondary N) is 1. The number of ether oxygens (including phenoxy) is 2. The molecule has 0 bridgehead atoms. The number of morpholine rings is 1. The van der Waals surface area contributed by atoms with E-state index >= 15 is 0 Å². The van der Waals surface area contributed by atoms with Gasteiger partial charge in [0, 0.05) is 32.1 Å². The first kappa shape index (κ1) is 20.9. The van der Waals surface area contributed by atoms with E-state index in [1.54, 1.807) is 40.1 Å².